The third-order valence-electron chi connectivity index (χ3n) is 1.97. The summed E-state index contributed by atoms with van der Waals surface area (Å²) in [5.74, 6) is -1.82. The van der Waals surface area contributed by atoms with E-state index in [2.05, 4.69) is 20.3 Å². The number of pyridine rings is 1. The lowest BCUT2D eigenvalue weighted by molar-refractivity contribution is -0.192. The number of aromatic nitrogens is 3. The molecule has 0 aromatic carbocycles. The van der Waals surface area contributed by atoms with Gasteiger partial charge < -0.3 is 16.2 Å². The summed E-state index contributed by atoms with van der Waals surface area (Å²) in [6.07, 6.45) is -3.41. The van der Waals surface area contributed by atoms with Gasteiger partial charge in [0, 0.05) is 13.2 Å². The van der Waals surface area contributed by atoms with Gasteiger partial charge in [0.05, 0.1) is 5.39 Å². The average Bonchev–Trinajstić information content (AvgIpc) is 2.37. The molecule has 4 N–H and O–H groups in total. The second kappa shape index (κ2) is 5.99. The first-order chi connectivity index (χ1) is 9.25. The number of nitrogens with two attached hydrogens (primary N) is 1. The summed E-state index contributed by atoms with van der Waals surface area (Å²) >= 11 is 0. The van der Waals surface area contributed by atoms with Crippen LogP contribution in [-0.4, -0.2) is 39.3 Å². The summed E-state index contributed by atoms with van der Waals surface area (Å²) in [6.45, 7) is 0. The van der Waals surface area contributed by atoms with Gasteiger partial charge in [0.25, 0.3) is 0 Å². The molecule has 0 bridgehead atoms. The number of nitrogens with zero attached hydrogens (tertiary/aromatic N) is 3. The molecule has 10 heteroatoms. The standard InChI is InChI=1S/C8H9N5.C2HF3O2/c1-10-6-5-3-2-4-11-7(5)13-8(9)12-6;3-2(4,5)1(6)7/h2-4H,1H3,(H3,9,10,11,12,13);(H,6,7). The monoisotopic (exact) mass is 289 g/mol. The summed E-state index contributed by atoms with van der Waals surface area (Å²) in [7, 11) is 1.79. The van der Waals surface area contributed by atoms with Crippen LogP contribution in [0.2, 0.25) is 0 Å². The fourth-order valence-electron chi connectivity index (χ4n) is 1.17. The summed E-state index contributed by atoms with van der Waals surface area (Å²) in [5.41, 5.74) is 6.11. The number of carbonyl (C=O) groups is 1. The molecule has 0 saturated carbocycles. The van der Waals surface area contributed by atoms with Gasteiger partial charge in [-0.25, -0.2) is 9.78 Å². The van der Waals surface area contributed by atoms with E-state index in [9.17, 15) is 13.2 Å². The molecular weight excluding hydrogens is 279 g/mol. The highest BCUT2D eigenvalue weighted by atomic mass is 19.4. The molecule has 2 aromatic rings. The predicted octanol–water partition coefficient (Wildman–Crippen LogP) is 1.28. The molecule has 7 nitrogen and oxygen atoms in total. The van der Waals surface area contributed by atoms with E-state index in [1.54, 1.807) is 13.2 Å². The number of carboxylic acids is 1. The first kappa shape index (κ1) is 15.4. The van der Waals surface area contributed by atoms with Crippen LogP contribution in [0.3, 0.4) is 0 Å². The quantitative estimate of drug-likeness (QED) is 0.724. The molecule has 2 aromatic heterocycles. The van der Waals surface area contributed by atoms with Gasteiger partial charge >= 0.3 is 12.1 Å². The van der Waals surface area contributed by atoms with Crippen LogP contribution in [0.1, 0.15) is 0 Å². The Balaban J connectivity index is 0.000000246. The number of fused-ring (bicyclic) bond motifs is 1. The van der Waals surface area contributed by atoms with Gasteiger partial charge in [0.15, 0.2) is 5.65 Å². The van der Waals surface area contributed by atoms with Gasteiger partial charge in [0.1, 0.15) is 5.82 Å². The van der Waals surface area contributed by atoms with E-state index in [1.165, 1.54) is 0 Å². The molecule has 108 valence electrons. The van der Waals surface area contributed by atoms with E-state index >= 15 is 0 Å². The van der Waals surface area contributed by atoms with Crippen molar-refractivity contribution < 1.29 is 23.1 Å². The summed E-state index contributed by atoms with van der Waals surface area (Å²) in [5, 5.41) is 10.9. The molecule has 0 saturated heterocycles. The van der Waals surface area contributed by atoms with Crippen molar-refractivity contribution in [1.82, 2.24) is 15.0 Å². The number of hydrogen-bond acceptors (Lipinski definition) is 6. The van der Waals surface area contributed by atoms with Crippen LogP contribution in [0.25, 0.3) is 11.0 Å². The Labute approximate surface area is 110 Å². The third kappa shape index (κ3) is 3.93. The Morgan fingerprint density at radius 2 is 2.00 bits per heavy atom. The van der Waals surface area contributed by atoms with Crippen molar-refractivity contribution in [3.8, 4) is 0 Å². The molecule has 0 unspecified atom stereocenters. The lowest BCUT2D eigenvalue weighted by Crippen LogP contribution is -2.21. The lowest BCUT2D eigenvalue weighted by Gasteiger charge is -2.03. The highest BCUT2D eigenvalue weighted by molar-refractivity contribution is 5.86. The number of hydrogen-bond donors (Lipinski definition) is 3. The Bertz CT molecular complexity index is 617. The highest BCUT2D eigenvalue weighted by Crippen LogP contribution is 2.17. The zero-order valence-electron chi connectivity index (χ0n) is 10.1. The second-order valence-electron chi connectivity index (χ2n) is 3.36. The van der Waals surface area contributed by atoms with Crippen LogP contribution >= 0.6 is 0 Å². The number of halogens is 3. The van der Waals surface area contributed by atoms with Crippen LogP contribution < -0.4 is 11.1 Å². The van der Waals surface area contributed by atoms with Gasteiger partial charge in [-0.1, -0.05) is 0 Å². The molecule has 0 aliphatic rings. The second-order valence-corrected chi connectivity index (χ2v) is 3.36. The molecule has 0 aliphatic heterocycles. The maximum absolute atomic E-state index is 10.6. The average molecular weight is 289 g/mol. The smallest absolute Gasteiger partial charge is 0.475 e. The fourth-order valence-corrected chi connectivity index (χ4v) is 1.17. The molecule has 0 aliphatic carbocycles. The summed E-state index contributed by atoms with van der Waals surface area (Å²) in [6, 6.07) is 3.73. The number of carboxylic acid groups (broad SMARTS) is 1. The molecule has 0 fully saturated rings. The maximum Gasteiger partial charge on any atom is 0.490 e. The zero-order chi connectivity index (χ0) is 15.3. The Morgan fingerprint density at radius 1 is 1.40 bits per heavy atom. The number of anilines is 2. The number of alkyl halides is 3. The Morgan fingerprint density at radius 3 is 2.50 bits per heavy atom. The van der Waals surface area contributed by atoms with E-state index in [0.717, 1.165) is 5.39 Å². The maximum atomic E-state index is 10.6. The minimum atomic E-state index is -5.08. The zero-order valence-corrected chi connectivity index (χ0v) is 10.1. The van der Waals surface area contributed by atoms with E-state index in [1.807, 2.05) is 12.1 Å². The van der Waals surface area contributed by atoms with Crippen molar-refractivity contribution in [2.24, 2.45) is 0 Å². The number of aliphatic carboxylic acids is 1. The molecule has 20 heavy (non-hydrogen) atoms. The van der Waals surface area contributed by atoms with Gasteiger partial charge in [-0.2, -0.15) is 23.1 Å². The molecule has 2 rings (SSSR count). The van der Waals surface area contributed by atoms with Crippen LogP contribution in [0.15, 0.2) is 18.3 Å². The van der Waals surface area contributed by atoms with Gasteiger partial charge in [-0.05, 0) is 12.1 Å². The van der Waals surface area contributed by atoms with Crippen molar-refractivity contribution in [1.29, 1.82) is 0 Å². The number of nitrogen functional groups attached to an aromatic ring is 1. The molecule has 0 amide bonds. The van der Waals surface area contributed by atoms with Crippen molar-refractivity contribution >= 4 is 28.8 Å². The van der Waals surface area contributed by atoms with Crippen LogP contribution in [-0.2, 0) is 4.79 Å². The predicted molar refractivity (Wildman–Crippen MR) is 65.0 cm³/mol. The summed E-state index contributed by atoms with van der Waals surface area (Å²) < 4.78 is 31.7. The van der Waals surface area contributed by atoms with Gasteiger partial charge in [-0.3, -0.25) is 0 Å². The van der Waals surface area contributed by atoms with Crippen molar-refractivity contribution in [2.45, 2.75) is 6.18 Å². The normalized spacial score (nSPS) is 10.6. The fraction of sp³-hybridized carbons (Fsp3) is 0.200. The van der Waals surface area contributed by atoms with E-state index < -0.39 is 12.1 Å². The van der Waals surface area contributed by atoms with Crippen LogP contribution in [0.5, 0.6) is 0 Å². The van der Waals surface area contributed by atoms with Crippen molar-refractivity contribution in [2.75, 3.05) is 18.1 Å². The van der Waals surface area contributed by atoms with E-state index in [-0.39, 0.29) is 5.95 Å². The van der Waals surface area contributed by atoms with Gasteiger partial charge in [0.2, 0.25) is 5.95 Å². The molecule has 2 heterocycles. The molecule has 0 atom stereocenters. The molecular formula is C10H10F3N5O2. The van der Waals surface area contributed by atoms with E-state index in [4.69, 9.17) is 15.6 Å². The van der Waals surface area contributed by atoms with E-state index in [0.29, 0.717) is 11.5 Å². The lowest BCUT2D eigenvalue weighted by atomic mass is 10.3. The Hall–Kier alpha value is -2.65. The van der Waals surface area contributed by atoms with Crippen LogP contribution in [0, 0.1) is 0 Å². The molecule has 0 radical (unpaired) electrons. The van der Waals surface area contributed by atoms with Crippen molar-refractivity contribution in [3.05, 3.63) is 18.3 Å². The minimum absolute atomic E-state index is 0.232. The summed E-state index contributed by atoms with van der Waals surface area (Å²) in [4.78, 5) is 21.0. The van der Waals surface area contributed by atoms with Gasteiger partial charge in [-0.15, -0.1) is 0 Å². The third-order valence-corrected chi connectivity index (χ3v) is 1.97. The number of nitrogens with one attached hydrogen (secondary N) is 1. The topological polar surface area (TPSA) is 114 Å². The first-order valence-electron chi connectivity index (χ1n) is 5.11. The highest BCUT2D eigenvalue weighted by Gasteiger charge is 2.38. The van der Waals surface area contributed by atoms with Crippen LogP contribution in [0.4, 0.5) is 24.9 Å². The minimum Gasteiger partial charge on any atom is -0.475 e. The number of rotatable bonds is 1. The van der Waals surface area contributed by atoms with Crippen molar-refractivity contribution in [3.63, 3.8) is 0 Å². The first-order valence-corrected chi connectivity index (χ1v) is 5.11. The molecule has 0 spiro atoms. The largest absolute Gasteiger partial charge is 0.490 e. The Kier molecular flexibility index (Phi) is 4.62. The SMILES string of the molecule is CNc1nc(N)nc2ncccc12.O=C(O)C(F)(F)F.